The second-order valence-electron chi connectivity index (χ2n) is 7.09. The monoisotopic (exact) mass is 454 g/mol. The zero-order chi connectivity index (χ0) is 22.5. The van der Waals surface area contributed by atoms with Crippen LogP contribution in [0.2, 0.25) is 0 Å². The number of methoxy groups -OCH3 is 1. The number of hydrogen-bond acceptors (Lipinski definition) is 7. The van der Waals surface area contributed by atoms with Crippen molar-refractivity contribution in [3.8, 4) is 5.75 Å². The van der Waals surface area contributed by atoms with Crippen molar-refractivity contribution in [2.75, 3.05) is 19.5 Å². The second-order valence-corrected chi connectivity index (χ2v) is 8.20. The minimum Gasteiger partial charge on any atom is -0.490 e. The van der Waals surface area contributed by atoms with E-state index in [1.807, 2.05) is 36.4 Å². The number of β-lactam (4-membered cyclic amide) rings is 1. The van der Waals surface area contributed by atoms with E-state index in [2.05, 4.69) is 5.32 Å². The van der Waals surface area contributed by atoms with Gasteiger partial charge in [0.1, 0.15) is 29.5 Å². The van der Waals surface area contributed by atoms with Crippen LogP contribution in [-0.4, -0.2) is 53.6 Å². The number of thioether (sulfide) groups is 1. The van der Waals surface area contributed by atoms with Gasteiger partial charge < -0.3 is 19.5 Å². The van der Waals surface area contributed by atoms with Gasteiger partial charge in [0.25, 0.3) is 11.8 Å². The highest BCUT2D eigenvalue weighted by Gasteiger charge is 2.55. The molecular formula is C23H22N2O6S. The molecule has 2 aliphatic rings. The molecule has 1 N–H and O–H groups in total. The van der Waals surface area contributed by atoms with Crippen LogP contribution in [0, 0.1) is 0 Å². The third-order valence-corrected chi connectivity index (χ3v) is 6.25. The zero-order valence-corrected chi connectivity index (χ0v) is 18.2. The number of amides is 2. The standard InChI is InChI=1S/C23H22N2O6S/c1-29-23(28)20-17(31-12-15-8-4-2-5-9-15)14-32-22-19(21(27)25(20)22)24-18(26)13-30-16-10-6-3-7-11-16/h2-11,19,22H,12-14H2,1H3,(H,24,26)/t19-,22+/m1/s1. The van der Waals surface area contributed by atoms with Crippen molar-refractivity contribution in [2.45, 2.75) is 18.0 Å². The Hall–Kier alpha value is -3.46. The van der Waals surface area contributed by atoms with E-state index in [0.717, 1.165) is 5.56 Å². The van der Waals surface area contributed by atoms with Gasteiger partial charge in [-0.2, -0.15) is 0 Å². The Balaban J connectivity index is 1.41. The molecule has 9 heteroatoms. The molecule has 0 unspecified atom stereocenters. The van der Waals surface area contributed by atoms with Crippen LogP contribution in [0.5, 0.6) is 5.75 Å². The molecule has 2 atom stereocenters. The second kappa shape index (κ2) is 9.78. The fourth-order valence-electron chi connectivity index (χ4n) is 3.41. The lowest BCUT2D eigenvalue weighted by atomic mass is 10.0. The van der Waals surface area contributed by atoms with Crippen LogP contribution in [0.4, 0.5) is 0 Å². The molecule has 2 aromatic rings. The van der Waals surface area contributed by atoms with Gasteiger partial charge in [0, 0.05) is 0 Å². The molecule has 32 heavy (non-hydrogen) atoms. The molecule has 0 radical (unpaired) electrons. The van der Waals surface area contributed by atoms with Gasteiger partial charge in [-0.1, -0.05) is 48.5 Å². The quantitative estimate of drug-likeness (QED) is 0.482. The minimum absolute atomic E-state index is 0.0863. The minimum atomic E-state index is -0.748. The van der Waals surface area contributed by atoms with Gasteiger partial charge in [-0.05, 0) is 17.7 Å². The maximum Gasteiger partial charge on any atom is 0.358 e. The number of nitrogens with zero attached hydrogens (tertiary/aromatic N) is 1. The first-order valence-corrected chi connectivity index (χ1v) is 11.0. The Morgan fingerprint density at radius 1 is 1.06 bits per heavy atom. The first-order valence-electron chi connectivity index (χ1n) is 9.98. The van der Waals surface area contributed by atoms with E-state index in [9.17, 15) is 14.4 Å². The summed E-state index contributed by atoms with van der Waals surface area (Å²) in [5, 5.41) is 2.28. The van der Waals surface area contributed by atoms with Crippen LogP contribution in [0.25, 0.3) is 0 Å². The maximum absolute atomic E-state index is 12.8. The fraction of sp³-hybridized carbons (Fsp3) is 0.261. The molecule has 0 bridgehead atoms. The molecule has 1 saturated heterocycles. The fourth-order valence-corrected chi connectivity index (χ4v) is 4.69. The number of carbonyl (C=O) groups excluding carboxylic acids is 3. The van der Waals surface area contributed by atoms with Crippen molar-refractivity contribution in [1.82, 2.24) is 10.2 Å². The summed E-state index contributed by atoms with van der Waals surface area (Å²) in [5.74, 6) is -0.138. The van der Waals surface area contributed by atoms with Crippen molar-refractivity contribution < 1.29 is 28.6 Å². The van der Waals surface area contributed by atoms with Crippen molar-refractivity contribution in [3.63, 3.8) is 0 Å². The summed E-state index contributed by atoms with van der Waals surface area (Å²) in [6, 6.07) is 17.7. The van der Waals surface area contributed by atoms with Crippen molar-refractivity contribution in [1.29, 1.82) is 0 Å². The van der Waals surface area contributed by atoms with E-state index >= 15 is 0 Å². The summed E-state index contributed by atoms with van der Waals surface area (Å²) in [6.07, 6.45) is 0. The molecule has 0 saturated carbocycles. The highest BCUT2D eigenvalue weighted by atomic mass is 32.2. The molecular weight excluding hydrogens is 432 g/mol. The SMILES string of the molecule is COC(=O)C1=C(OCc2ccccc2)CS[C@H]2[C@H](NC(=O)COc3ccccc3)C(=O)N12. The lowest BCUT2D eigenvalue weighted by Gasteiger charge is -2.49. The zero-order valence-electron chi connectivity index (χ0n) is 17.4. The summed E-state index contributed by atoms with van der Waals surface area (Å²) in [4.78, 5) is 38.9. The molecule has 166 valence electrons. The average molecular weight is 455 g/mol. The van der Waals surface area contributed by atoms with Crippen LogP contribution in [0.1, 0.15) is 5.56 Å². The predicted molar refractivity (Wildman–Crippen MR) is 117 cm³/mol. The number of benzene rings is 2. The van der Waals surface area contributed by atoms with Crippen LogP contribution in [-0.2, 0) is 30.5 Å². The number of rotatable bonds is 8. The summed E-state index contributed by atoms with van der Waals surface area (Å²) < 4.78 is 16.2. The third kappa shape index (κ3) is 4.57. The largest absolute Gasteiger partial charge is 0.490 e. The maximum atomic E-state index is 12.8. The van der Waals surface area contributed by atoms with E-state index < -0.39 is 29.2 Å². The number of ether oxygens (including phenoxy) is 3. The number of para-hydroxylation sites is 1. The smallest absolute Gasteiger partial charge is 0.358 e. The van der Waals surface area contributed by atoms with Crippen LogP contribution in [0.3, 0.4) is 0 Å². The summed E-state index contributed by atoms with van der Waals surface area (Å²) >= 11 is 1.42. The number of esters is 1. The van der Waals surface area contributed by atoms with E-state index in [1.165, 1.54) is 23.8 Å². The van der Waals surface area contributed by atoms with Crippen molar-refractivity contribution >= 4 is 29.5 Å². The van der Waals surface area contributed by atoms with Gasteiger partial charge in [-0.3, -0.25) is 14.5 Å². The number of hydrogen-bond donors (Lipinski definition) is 1. The van der Waals surface area contributed by atoms with Gasteiger partial charge in [0.05, 0.1) is 12.9 Å². The topological polar surface area (TPSA) is 94.2 Å². The first kappa shape index (κ1) is 21.8. The molecule has 1 fully saturated rings. The number of fused-ring (bicyclic) bond motifs is 1. The van der Waals surface area contributed by atoms with Gasteiger partial charge in [0.15, 0.2) is 12.3 Å². The summed E-state index contributed by atoms with van der Waals surface area (Å²) in [7, 11) is 1.26. The Morgan fingerprint density at radius 3 is 2.44 bits per heavy atom. The van der Waals surface area contributed by atoms with E-state index in [-0.39, 0.29) is 18.9 Å². The van der Waals surface area contributed by atoms with Crippen LogP contribution >= 0.6 is 11.8 Å². The Bertz CT molecular complexity index is 1030. The van der Waals surface area contributed by atoms with Gasteiger partial charge in [0.2, 0.25) is 0 Å². The number of carbonyl (C=O) groups is 3. The van der Waals surface area contributed by atoms with Crippen LogP contribution in [0.15, 0.2) is 72.1 Å². The lowest BCUT2D eigenvalue weighted by Crippen LogP contribution is -2.71. The highest BCUT2D eigenvalue weighted by Crippen LogP contribution is 2.41. The predicted octanol–water partition coefficient (Wildman–Crippen LogP) is 2.07. The van der Waals surface area contributed by atoms with Gasteiger partial charge in [-0.15, -0.1) is 11.8 Å². The molecule has 2 aliphatic heterocycles. The molecule has 2 aromatic carbocycles. The highest BCUT2D eigenvalue weighted by molar-refractivity contribution is 8.00. The van der Waals surface area contributed by atoms with Gasteiger partial charge in [-0.25, -0.2) is 4.79 Å². The molecule has 2 heterocycles. The van der Waals surface area contributed by atoms with Gasteiger partial charge >= 0.3 is 5.97 Å². The molecule has 8 nitrogen and oxygen atoms in total. The lowest BCUT2D eigenvalue weighted by molar-refractivity contribution is -0.152. The Morgan fingerprint density at radius 2 is 1.75 bits per heavy atom. The van der Waals surface area contributed by atoms with E-state index in [1.54, 1.807) is 24.3 Å². The summed E-state index contributed by atoms with van der Waals surface area (Å²) in [5.41, 5.74) is 1.03. The molecule has 4 rings (SSSR count). The molecule has 0 aromatic heterocycles. The van der Waals surface area contributed by atoms with E-state index in [0.29, 0.717) is 17.3 Å². The molecule has 0 spiro atoms. The first-order chi connectivity index (χ1) is 15.6. The molecule has 0 aliphatic carbocycles. The van der Waals surface area contributed by atoms with Crippen molar-refractivity contribution in [2.24, 2.45) is 0 Å². The Kier molecular flexibility index (Phi) is 6.65. The molecule has 2 amide bonds. The summed E-state index contributed by atoms with van der Waals surface area (Å²) in [6.45, 7) is 0.0528. The van der Waals surface area contributed by atoms with Crippen molar-refractivity contribution in [3.05, 3.63) is 77.7 Å². The van der Waals surface area contributed by atoms with E-state index in [4.69, 9.17) is 14.2 Å². The average Bonchev–Trinajstić information content (AvgIpc) is 2.84. The Labute approximate surface area is 189 Å². The normalized spacial score (nSPS) is 19.5. The van der Waals surface area contributed by atoms with Crippen LogP contribution < -0.4 is 10.1 Å². The number of nitrogens with one attached hydrogen (secondary N) is 1. The third-order valence-electron chi connectivity index (χ3n) is 5.00.